The van der Waals surface area contributed by atoms with Gasteiger partial charge < -0.3 is 9.47 Å². The van der Waals surface area contributed by atoms with Crippen LogP contribution in [-0.4, -0.2) is 24.8 Å². The second-order valence-corrected chi connectivity index (χ2v) is 3.63. The Morgan fingerprint density at radius 1 is 1.50 bits per heavy atom. The van der Waals surface area contributed by atoms with Gasteiger partial charge in [0.15, 0.2) is 11.7 Å². The van der Waals surface area contributed by atoms with Crippen molar-refractivity contribution in [2.24, 2.45) is 5.92 Å². The summed E-state index contributed by atoms with van der Waals surface area (Å²) in [5.41, 5.74) is -0.439. The molecule has 1 unspecified atom stereocenters. The van der Waals surface area contributed by atoms with Crippen LogP contribution in [0.15, 0.2) is 18.2 Å². The number of hydrogen-bond donors (Lipinski definition) is 0. The molecule has 0 N–H and O–H groups in total. The van der Waals surface area contributed by atoms with Gasteiger partial charge in [0.05, 0.1) is 24.2 Å². The summed E-state index contributed by atoms with van der Waals surface area (Å²) in [7, 11) is 1.22. The van der Waals surface area contributed by atoms with E-state index in [0.717, 1.165) is 12.1 Å². The quantitative estimate of drug-likeness (QED) is 0.614. The molecule has 1 rings (SSSR count). The molecule has 0 aliphatic rings. The smallest absolute Gasteiger partial charge is 0.407 e. The molecule has 0 spiro atoms. The summed E-state index contributed by atoms with van der Waals surface area (Å²) in [6, 6.07) is 4.41. The molecule has 0 saturated heterocycles. The monoisotopic (exact) mass is 290 g/mol. The van der Waals surface area contributed by atoms with Crippen LogP contribution < -0.4 is 9.47 Å². The number of rotatable bonds is 5. The van der Waals surface area contributed by atoms with Crippen molar-refractivity contribution in [3.8, 4) is 17.6 Å². The molecular formula is C11H9F3N2O4. The summed E-state index contributed by atoms with van der Waals surface area (Å²) in [6.45, 7) is -0.941. The average Bonchev–Trinajstić information content (AvgIpc) is 2.37. The summed E-state index contributed by atoms with van der Waals surface area (Å²) in [6.07, 6.45) is -4.72. The van der Waals surface area contributed by atoms with Gasteiger partial charge in [0, 0.05) is 0 Å². The fraction of sp³-hybridized carbons (Fsp3) is 0.364. The SMILES string of the molecule is COc1ccc(OCC(C#N)C(F)(F)F)cc1[N+](=O)[O-]. The second kappa shape index (κ2) is 6.10. The number of nitro groups is 1. The van der Waals surface area contributed by atoms with E-state index in [4.69, 9.17) is 14.7 Å². The molecule has 1 aromatic rings. The van der Waals surface area contributed by atoms with Crippen LogP contribution in [0, 0.1) is 27.4 Å². The van der Waals surface area contributed by atoms with Gasteiger partial charge in [-0.05, 0) is 12.1 Å². The highest BCUT2D eigenvalue weighted by Crippen LogP contribution is 2.32. The van der Waals surface area contributed by atoms with E-state index in [1.807, 2.05) is 0 Å². The highest BCUT2D eigenvalue weighted by molar-refractivity contribution is 5.50. The lowest BCUT2D eigenvalue weighted by atomic mass is 10.2. The maximum absolute atomic E-state index is 12.3. The minimum Gasteiger partial charge on any atom is -0.492 e. The maximum Gasteiger partial charge on any atom is 0.407 e. The fourth-order valence-corrected chi connectivity index (χ4v) is 1.29. The Bertz CT molecular complexity index is 539. The molecule has 9 heteroatoms. The summed E-state index contributed by atoms with van der Waals surface area (Å²) in [4.78, 5) is 9.97. The molecule has 0 aromatic heterocycles. The van der Waals surface area contributed by atoms with Gasteiger partial charge in [-0.2, -0.15) is 18.4 Å². The van der Waals surface area contributed by atoms with Crippen LogP contribution in [0.4, 0.5) is 18.9 Å². The lowest BCUT2D eigenvalue weighted by molar-refractivity contribution is -0.385. The zero-order chi connectivity index (χ0) is 15.3. The van der Waals surface area contributed by atoms with Crippen molar-refractivity contribution >= 4 is 5.69 Å². The van der Waals surface area contributed by atoms with Gasteiger partial charge in [0.2, 0.25) is 0 Å². The van der Waals surface area contributed by atoms with E-state index in [1.165, 1.54) is 19.2 Å². The van der Waals surface area contributed by atoms with Crippen molar-refractivity contribution in [2.45, 2.75) is 6.18 Å². The van der Waals surface area contributed by atoms with E-state index in [-0.39, 0.29) is 11.5 Å². The third-order valence-electron chi connectivity index (χ3n) is 2.31. The summed E-state index contributed by atoms with van der Waals surface area (Å²) >= 11 is 0. The molecule has 1 atom stereocenters. The topological polar surface area (TPSA) is 85.4 Å². The van der Waals surface area contributed by atoms with E-state index in [1.54, 1.807) is 0 Å². The first-order chi connectivity index (χ1) is 9.29. The second-order valence-electron chi connectivity index (χ2n) is 3.63. The van der Waals surface area contributed by atoms with Gasteiger partial charge in [0.25, 0.3) is 0 Å². The van der Waals surface area contributed by atoms with Gasteiger partial charge >= 0.3 is 11.9 Å². The molecular weight excluding hydrogens is 281 g/mol. The molecule has 0 amide bonds. The number of nitrogens with zero attached hydrogens (tertiary/aromatic N) is 2. The number of halogens is 3. The molecule has 0 aliphatic carbocycles. The van der Waals surface area contributed by atoms with E-state index >= 15 is 0 Å². The number of nitro benzene ring substituents is 1. The third kappa shape index (κ3) is 3.74. The normalized spacial score (nSPS) is 12.3. The molecule has 0 bridgehead atoms. The molecule has 0 aliphatic heterocycles. The Morgan fingerprint density at radius 2 is 2.15 bits per heavy atom. The van der Waals surface area contributed by atoms with Gasteiger partial charge in [-0.3, -0.25) is 10.1 Å². The zero-order valence-corrected chi connectivity index (χ0v) is 10.2. The van der Waals surface area contributed by atoms with E-state index in [0.29, 0.717) is 0 Å². The van der Waals surface area contributed by atoms with Crippen molar-refractivity contribution in [1.82, 2.24) is 0 Å². The molecule has 6 nitrogen and oxygen atoms in total. The Labute approximate surface area is 111 Å². The molecule has 108 valence electrons. The van der Waals surface area contributed by atoms with Crippen LogP contribution >= 0.6 is 0 Å². The highest BCUT2D eigenvalue weighted by Gasteiger charge is 2.40. The average molecular weight is 290 g/mol. The van der Waals surface area contributed by atoms with Gasteiger partial charge in [-0.15, -0.1) is 0 Å². The van der Waals surface area contributed by atoms with Crippen molar-refractivity contribution in [2.75, 3.05) is 13.7 Å². The van der Waals surface area contributed by atoms with Crippen molar-refractivity contribution in [1.29, 1.82) is 5.26 Å². The van der Waals surface area contributed by atoms with Crippen LogP contribution in [0.25, 0.3) is 0 Å². The standard InChI is InChI=1S/C11H9F3N2O4/c1-19-10-3-2-8(4-9(10)16(17)18)20-6-7(5-15)11(12,13)14/h2-4,7H,6H2,1H3. The minimum absolute atomic E-state index is 0.0463. The third-order valence-corrected chi connectivity index (χ3v) is 2.31. The summed E-state index contributed by atoms with van der Waals surface area (Å²) in [5.74, 6) is -2.50. The van der Waals surface area contributed by atoms with Crippen LogP contribution in [-0.2, 0) is 0 Å². The predicted octanol–water partition coefficient (Wildman–Crippen LogP) is 2.68. The molecule has 0 saturated carbocycles. The molecule has 0 radical (unpaired) electrons. The Morgan fingerprint density at radius 3 is 2.60 bits per heavy atom. The molecule has 0 heterocycles. The van der Waals surface area contributed by atoms with Gasteiger partial charge in [-0.25, -0.2) is 0 Å². The number of methoxy groups -OCH3 is 1. The maximum atomic E-state index is 12.3. The first kappa shape index (κ1) is 15.6. The van der Waals surface area contributed by atoms with Crippen molar-refractivity contribution in [3.05, 3.63) is 28.3 Å². The molecule has 20 heavy (non-hydrogen) atoms. The van der Waals surface area contributed by atoms with Crippen LogP contribution in [0.2, 0.25) is 0 Å². The first-order valence-corrected chi connectivity index (χ1v) is 5.21. The lowest BCUT2D eigenvalue weighted by Crippen LogP contribution is -2.27. The summed E-state index contributed by atoms with van der Waals surface area (Å²) in [5, 5.41) is 19.1. The largest absolute Gasteiger partial charge is 0.492 e. The van der Waals surface area contributed by atoms with E-state index < -0.39 is 29.3 Å². The first-order valence-electron chi connectivity index (χ1n) is 5.21. The number of hydrogen-bond acceptors (Lipinski definition) is 5. The Kier molecular flexibility index (Phi) is 4.74. The molecule has 1 aromatic carbocycles. The molecule has 0 fully saturated rings. The number of nitriles is 1. The van der Waals surface area contributed by atoms with E-state index in [9.17, 15) is 23.3 Å². The van der Waals surface area contributed by atoms with Crippen molar-refractivity contribution < 1.29 is 27.6 Å². The predicted molar refractivity (Wildman–Crippen MR) is 60.3 cm³/mol. The van der Waals surface area contributed by atoms with Crippen LogP contribution in [0.3, 0.4) is 0 Å². The van der Waals surface area contributed by atoms with Gasteiger partial charge in [-0.1, -0.05) is 0 Å². The highest BCUT2D eigenvalue weighted by atomic mass is 19.4. The summed E-state index contributed by atoms with van der Waals surface area (Å²) < 4.78 is 46.5. The number of ether oxygens (including phenoxy) is 2. The Balaban J connectivity index is 2.87. The van der Waals surface area contributed by atoms with Crippen molar-refractivity contribution in [3.63, 3.8) is 0 Å². The van der Waals surface area contributed by atoms with Crippen LogP contribution in [0.1, 0.15) is 0 Å². The van der Waals surface area contributed by atoms with Crippen LogP contribution in [0.5, 0.6) is 11.5 Å². The van der Waals surface area contributed by atoms with Gasteiger partial charge in [0.1, 0.15) is 12.4 Å². The number of benzene rings is 1. The zero-order valence-electron chi connectivity index (χ0n) is 10.2. The number of alkyl halides is 3. The minimum atomic E-state index is -4.72. The Hall–Kier alpha value is -2.50. The fourth-order valence-electron chi connectivity index (χ4n) is 1.29. The van der Waals surface area contributed by atoms with E-state index in [2.05, 4.69) is 0 Å². The lowest BCUT2D eigenvalue weighted by Gasteiger charge is -2.14.